The van der Waals surface area contributed by atoms with Crippen LogP contribution < -0.4 is 4.74 Å². The molecule has 1 heterocycles. The molecule has 1 aromatic carbocycles. The van der Waals surface area contributed by atoms with Gasteiger partial charge in [-0.2, -0.15) is 0 Å². The first-order valence-corrected chi connectivity index (χ1v) is 6.58. The minimum absolute atomic E-state index is 0.502. The molecule has 2 nitrogen and oxygen atoms in total. The smallest absolute Gasteiger partial charge is 0.119 e. The van der Waals surface area contributed by atoms with Crippen molar-refractivity contribution in [1.29, 1.82) is 0 Å². The van der Waals surface area contributed by atoms with Gasteiger partial charge in [0, 0.05) is 19.1 Å². The summed E-state index contributed by atoms with van der Waals surface area (Å²) in [5.41, 5.74) is 0. The molecule has 1 fully saturated rings. The Labute approximate surface area is 105 Å². The summed E-state index contributed by atoms with van der Waals surface area (Å²) < 4.78 is 5.81. The van der Waals surface area contributed by atoms with E-state index in [1.807, 2.05) is 30.3 Å². The van der Waals surface area contributed by atoms with E-state index in [9.17, 15) is 0 Å². The molecule has 1 aliphatic rings. The Balaban J connectivity index is 1.80. The number of ether oxygens (including phenoxy) is 1. The van der Waals surface area contributed by atoms with Crippen molar-refractivity contribution in [2.75, 3.05) is 19.7 Å². The molecule has 1 saturated heterocycles. The van der Waals surface area contributed by atoms with Gasteiger partial charge in [-0.3, -0.25) is 4.90 Å². The van der Waals surface area contributed by atoms with Crippen molar-refractivity contribution in [3.05, 3.63) is 30.3 Å². The lowest BCUT2D eigenvalue weighted by Crippen LogP contribution is -2.35. The van der Waals surface area contributed by atoms with E-state index in [2.05, 4.69) is 25.7 Å². The molecule has 2 rings (SSSR count). The predicted molar refractivity (Wildman–Crippen MR) is 71.3 cm³/mol. The average Bonchev–Trinajstić information content (AvgIpc) is 2.68. The molecule has 0 bridgehead atoms. The molecule has 0 amide bonds. The summed E-state index contributed by atoms with van der Waals surface area (Å²) in [5, 5.41) is 0. The zero-order valence-electron chi connectivity index (χ0n) is 11.1. The molecule has 1 unspecified atom stereocenters. The Morgan fingerprint density at radius 1 is 1.18 bits per heavy atom. The van der Waals surface area contributed by atoms with E-state index in [1.54, 1.807) is 0 Å². The third-order valence-corrected chi connectivity index (χ3v) is 3.87. The molecule has 1 aliphatic heterocycles. The van der Waals surface area contributed by atoms with E-state index in [4.69, 9.17) is 4.74 Å². The van der Waals surface area contributed by atoms with E-state index in [-0.39, 0.29) is 0 Å². The molecule has 0 spiro atoms. The van der Waals surface area contributed by atoms with Gasteiger partial charge in [0.15, 0.2) is 0 Å². The topological polar surface area (TPSA) is 12.5 Å². The Morgan fingerprint density at radius 3 is 2.35 bits per heavy atom. The molecule has 3 atom stereocenters. The summed E-state index contributed by atoms with van der Waals surface area (Å²) in [4.78, 5) is 2.54. The Kier molecular flexibility index (Phi) is 4.06. The number of benzene rings is 1. The molecule has 0 N–H and O–H groups in total. The second kappa shape index (κ2) is 5.54. The first-order chi connectivity index (χ1) is 8.16. The van der Waals surface area contributed by atoms with Crippen molar-refractivity contribution in [3.8, 4) is 5.75 Å². The van der Waals surface area contributed by atoms with Crippen LogP contribution in [0.15, 0.2) is 30.3 Å². The second-order valence-electron chi connectivity index (χ2n) is 5.38. The van der Waals surface area contributed by atoms with Gasteiger partial charge in [0.2, 0.25) is 0 Å². The van der Waals surface area contributed by atoms with E-state index in [0.29, 0.717) is 6.04 Å². The lowest BCUT2D eigenvalue weighted by molar-refractivity contribution is 0.167. The zero-order valence-corrected chi connectivity index (χ0v) is 11.1. The Bertz CT molecular complexity index is 328. The molecular weight excluding hydrogens is 210 g/mol. The number of hydrogen-bond acceptors (Lipinski definition) is 2. The number of para-hydroxylation sites is 1. The minimum Gasteiger partial charge on any atom is -0.492 e. The van der Waals surface area contributed by atoms with Crippen molar-refractivity contribution in [1.82, 2.24) is 4.90 Å². The van der Waals surface area contributed by atoms with Crippen LogP contribution in [0.2, 0.25) is 0 Å². The quantitative estimate of drug-likeness (QED) is 0.792. The van der Waals surface area contributed by atoms with Crippen LogP contribution >= 0.6 is 0 Å². The average molecular weight is 233 g/mol. The van der Waals surface area contributed by atoms with Gasteiger partial charge in [-0.05, 0) is 30.9 Å². The van der Waals surface area contributed by atoms with E-state index in [0.717, 1.165) is 24.2 Å². The van der Waals surface area contributed by atoms with Crippen LogP contribution in [0.5, 0.6) is 5.75 Å². The van der Waals surface area contributed by atoms with E-state index < -0.39 is 0 Å². The molecular formula is C15H23NO. The van der Waals surface area contributed by atoms with Crippen LogP contribution in [0.25, 0.3) is 0 Å². The molecule has 0 radical (unpaired) electrons. The van der Waals surface area contributed by atoms with Crippen LogP contribution in [-0.4, -0.2) is 30.6 Å². The normalized spacial score (nSPS) is 27.0. The molecule has 0 aliphatic carbocycles. The number of nitrogens with zero attached hydrogens (tertiary/aromatic N) is 1. The fraction of sp³-hybridized carbons (Fsp3) is 0.600. The molecule has 17 heavy (non-hydrogen) atoms. The Morgan fingerprint density at radius 2 is 1.76 bits per heavy atom. The van der Waals surface area contributed by atoms with E-state index in [1.165, 1.54) is 13.1 Å². The maximum atomic E-state index is 5.81. The van der Waals surface area contributed by atoms with Gasteiger partial charge in [0.1, 0.15) is 12.4 Å². The lowest BCUT2D eigenvalue weighted by atomic mass is 10.0. The van der Waals surface area contributed by atoms with Crippen molar-refractivity contribution >= 4 is 0 Å². The van der Waals surface area contributed by atoms with Gasteiger partial charge in [0.25, 0.3) is 0 Å². The maximum absolute atomic E-state index is 5.81. The van der Waals surface area contributed by atoms with Crippen LogP contribution in [0, 0.1) is 11.8 Å². The van der Waals surface area contributed by atoms with Gasteiger partial charge in [-0.25, -0.2) is 0 Å². The highest BCUT2D eigenvalue weighted by molar-refractivity contribution is 5.20. The van der Waals surface area contributed by atoms with Crippen molar-refractivity contribution in [2.24, 2.45) is 11.8 Å². The predicted octanol–water partition coefficient (Wildman–Crippen LogP) is 3.04. The zero-order chi connectivity index (χ0) is 12.3. The minimum atomic E-state index is 0.502. The number of rotatable bonds is 4. The van der Waals surface area contributed by atoms with E-state index >= 15 is 0 Å². The first-order valence-electron chi connectivity index (χ1n) is 6.58. The van der Waals surface area contributed by atoms with Crippen LogP contribution in [-0.2, 0) is 0 Å². The van der Waals surface area contributed by atoms with Crippen LogP contribution in [0.1, 0.15) is 20.8 Å². The molecule has 0 saturated carbocycles. The summed E-state index contributed by atoms with van der Waals surface area (Å²) in [6, 6.07) is 10.6. The molecule has 94 valence electrons. The summed E-state index contributed by atoms with van der Waals surface area (Å²) in [6.07, 6.45) is 0. The SMILES string of the molecule is CC1CN([C@@H](C)COc2ccccc2)C[C@H]1C. The summed E-state index contributed by atoms with van der Waals surface area (Å²) in [7, 11) is 0. The molecule has 0 aromatic heterocycles. The largest absolute Gasteiger partial charge is 0.492 e. The summed E-state index contributed by atoms with van der Waals surface area (Å²) in [6.45, 7) is 10.1. The standard InChI is InChI=1S/C15H23NO/c1-12-9-16(10-13(12)2)14(3)11-17-15-7-5-4-6-8-15/h4-8,12-14H,9-11H2,1-3H3/t12-,13?,14+/m1/s1. The third-order valence-electron chi connectivity index (χ3n) is 3.87. The summed E-state index contributed by atoms with van der Waals surface area (Å²) >= 11 is 0. The highest BCUT2D eigenvalue weighted by atomic mass is 16.5. The van der Waals surface area contributed by atoms with Gasteiger partial charge < -0.3 is 4.74 Å². The fourth-order valence-electron chi connectivity index (χ4n) is 2.37. The van der Waals surface area contributed by atoms with Crippen molar-refractivity contribution in [2.45, 2.75) is 26.8 Å². The van der Waals surface area contributed by atoms with Gasteiger partial charge in [-0.15, -0.1) is 0 Å². The lowest BCUT2D eigenvalue weighted by Gasteiger charge is -2.24. The van der Waals surface area contributed by atoms with Gasteiger partial charge >= 0.3 is 0 Å². The second-order valence-corrected chi connectivity index (χ2v) is 5.38. The molecule has 1 aromatic rings. The third kappa shape index (κ3) is 3.22. The highest BCUT2D eigenvalue weighted by Crippen LogP contribution is 2.24. The van der Waals surface area contributed by atoms with Gasteiger partial charge in [-0.1, -0.05) is 32.0 Å². The maximum Gasteiger partial charge on any atom is 0.119 e. The Hall–Kier alpha value is -1.02. The number of likely N-dealkylation sites (tertiary alicyclic amines) is 1. The number of hydrogen-bond donors (Lipinski definition) is 0. The van der Waals surface area contributed by atoms with Gasteiger partial charge in [0.05, 0.1) is 0 Å². The molecule has 2 heteroatoms. The summed E-state index contributed by atoms with van der Waals surface area (Å²) in [5.74, 6) is 2.60. The fourth-order valence-corrected chi connectivity index (χ4v) is 2.37. The first kappa shape index (κ1) is 12.4. The van der Waals surface area contributed by atoms with Crippen molar-refractivity contribution in [3.63, 3.8) is 0 Å². The van der Waals surface area contributed by atoms with Crippen molar-refractivity contribution < 1.29 is 4.74 Å². The highest BCUT2D eigenvalue weighted by Gasteiger charge is 2.29. The van der Waals surface area contributed by atoms with Crippen LogP contribution in [0.4, 0.5) is 0 Å². The monoisotopic (exact) mass is 233 g/mol. The van der Waals surface area contributed by atoms with Crippen LogP contribution in [0.3, 0.4) is 0 Å².